The summed E-state index contributed by atoms with van der Waals surface area (Å²) >= 11 is 0. The Hall–Kier alpha value is -3.64. The lowest BCUT2D eigenvalue weighted by Crippen LogP contribution is -2.26. The van der Waals surface area contributed by atoms with Crippen LogP contribution in [0.2, 0.25) is 0 Å². The Balaban J connectivity index is 3.43. The molecule has 0 aliphatic carbocycles. The fourth-order valence-electron chi connectivity index (χ4n) is 5.32. The average molecular weight is 669 g/mol. The zero-order valence-electron chi connectivity index (χ0n) is 30.3. The Bertz CT molecular complexity index is 1100. The number of rotatable bonds is 22. The topological polar surface area (TPSA) is 133 Å². The average Bonchev–Trinajstić information content (AvgIpc) is 3.00. The van der Waals surface area contributed by atoms with Crippen molar-refractivity contribution < 1.29 is 57.6 Å². The summed E-state index contributed by atoms with van der Waals surface area (Å²) in [7, 11) is 0. The summed E-state index contributed by atoms with van der Waals surface area (Å²) in [5, 5.41) is 20.8. The van der Waals surface area contributed by atoms with Gasteiger partial charge in [-0.05, 0) is 69.2 Å². The van der Waals surface area contributed by atoms with Crippen LogP contribution in [-0.2, 0) is 5.41 Å². The molecule has 2 rings (SSSR count). The third-order valence-corrected chi connectivity index (χ3v) is 6.69. The van der Waals surface area contributed by atoms with E-state index in [-0.39, 0.29) is 87.4 Å². The Morgan fingerprint density at radius 3 is 0.745 bits per heavy atom. The van der Waals surface area contributed by atoms with Crippen molar-refractivity contribution in [3.8, 4) is 57.5 Å². The molecule has 0 aromatic heterocycles. The first-order valence-corrected chi connectivity index (χ1v) is 16.6. The highest BCUT2D eigenvalue weighted by Crippen LogP contribution is 2.63. The smallest absolute Gasteiger partial charge is 0.214 e. The highest BCUT2D eigenvalue weighted by atomic mass is 16.6. The SMILES string of the molecule is CCOc1c(OC(C)O)c(OCC)c(OCC)c(C(C)(C)c2c(OCC)c(OCC)c(OC(C)O)c(OCC)c2OCC)c1OCC. The van der Waals surface area contributed by atoms with Gasteiger partial charge in [0.15, 0.2) is 35.6 Å². The van der Waals surface area contributed by atoms with E-state index >= 15 is 0 Å². The van der Waals surface area contributed by atoms with Crippen LogP contribution in [0.4, 0.5) is 0 Å². The van der Waals surface area contributed by atoms with E-state index in [1.165, 1.54) is 13.8 Å². The molecule has 2 aromatic carbocycles. The zero-order valence-corrected chi connectivity index (χ0v) is 30.3. The molecule has 0 spiro atoms. The number of hydrogen-bond donors (Lipinski definition) is 2. The van der Waals surface area contributed by atoms with E-state index in [9.17, 15) is 10.2 Å². The van der Waals surface area contributed by atoms with Crippen LogP contribution in [0.5, 0.6) is 57.5 Å². The molecule has 0 amide bonds. The van der Waals surface area contributed by atoms with Gasteiger partial charge < -0.3 is 57.6 Å². The molecule has 0 heterocycles. The van der Waals surface area contributed by atoms with E-state index in [0.717, 1.165) is 0 Å². The van der Waals surface area contributed by atoms with Gasteiger partial charge in [0.25, 0.3) is 0 Å². The number of aliphatic hydroxyl groups is 2. The van der Waals surface area contributed by atoms with Gasteiger partial charge in [-0.15, -0.1) is 0 Å². The molecule has 12 nitrogen and oxygen atoms in total. The molecule has 2 N–H and O–H groups in total. The molecule has 0 aliphatic rings. The zero-order chi connectivity index (χ0) is 35.3. The fourth-order valence-corrected chi connectivity index (χ4v) is 5.32. The molecule has 0 saturated heterocycles. The number of ether oxygens (including phenoxy) is 10. The van der Waals surface area contributed by atoms with Crippen molar-refractivity contribution in [3.63, 3.8) is 0 Å². The molecule has 2 atom stereocenters. The summed E-state index contributed by atoms with van der Waals surface area (Å²) < 4.78 is 62.2. The van der Waals surface area contributed by atoms with Crippen LogP contribution in [0.1, 0.15) is 94.2 Å². The molecule has 0 saturated carbocycles. The highest BCUT2D eigenvalue weighted by molar-refractivity contribution is 5.78. The second kappa shape index (κ2) is 18.6. The van der Waals surface area contributed by atoms with Gasteiger partial charge in [0.1, 0.15) is 0 Å². The Morgan fingerprint density at radius 1 is 0.383 bits per heavy atom. The monoisotopic (exact) mass is 668 g/mol. The second-order valence-electron chi connectivity index (χ2n) is 10.6. The maximum Gasteiger partial charge on any atom is 0.214 e. The van der Waals surface area contributed by atoms with Gasteiger partial charge >= 0.3 is 0 Å². The number of hydrogen-bond acceptors (Lipinski definition) is 12. The van der Waals surface area contributed by atoms with E-state index in [4.69, 9.17) is 47.4 Å². The first-order chi connectivity index (χ1) is 22.4. The first-order valence-electron chi connectivity index (χ1n) is 16.6. The predicted molar refractivity (Wildman–Crippen MR) is 179 cm³/mol. The molecule has 0 fully saturated rings. The Kier molecular flexibility index (Phi) is 15.7. The van der Waals surface area contributed by atoms with Crippen molar-refractivity contribution in [2.75, 3.05) is 52.9 Å². The van der Waals surface area contributed by atoms with Crippen LogP contribution >= 0.6 is 0 Å². The van der Waals surface area contributed by atoms with Gasteiger partial charge in [0.2, 0.25) is 34.5 Å². The molecule has 0 bridgehead atoms. The van der Waals surface area contributed by atoms with Crippen molar-refractivity contribution in [1.29, 1.82) is 0 Å². The highest BCUT2D eigenvalue weighted by Gasteiger charge is 2.45. The number of benzene rings is 2. The summed E-state index contributed by atoms with van der Waals surface area (Å²) in [6.07, 6.45) is -2.40. The molecule has 268 valence electrons. The lowest BCUT2D eigenvalue weighted by Gasteiger charge is -2.36. The minimum absolute atomic E-state index is 0.149. The van der Waals surface area contributed by atoms with Crippen LogP contribution in [0.3, 0.4) is 0 Å². The minimum atomic E-state index is -1.20. The van der Waals surface area contributed by atoms with E-state index in [1.807, 2.05) is 69.2 Å². The molecular weight excluding hydrogens is 612 g/mol. The van der Waals surface area contributed by atoms with Crippen LogP contribution in [0.25, 0.3) is 0 Å². The standard InChI is InChI=1S/C35H56O12/c1-13-38-25-23(26(39-14-2)30(43-18-6)33(46-21(9)36)29(25)42-17-5)35(11,12)24-27(40-15-3)31(44-19-7)34(47-22(10)37)32(45-20-8)28(24)41-16-4/h21-22,36-37H,13-20H2,1-12H3. The van der Waals surface area contributed by atoms with E-state index in [0.29, 0.717) is 34.1 Å². The maximum absolute atomic E-state index is 10.4. The molecular formula is C35H56O12. The molecule has 2 unspecified atom stereocenters. The van der Waals surface area contributed by atoms with Crippen LogP contribution in [0.15, 0.2) is 0 Å². The predicted octanol–water partition coefficient (Wildman–Crippen LogP) is 6.64. The molecule has 0 radical (unpaired) electrons. The maximum atomic E-state index is 10.4. The molecule has 12 heteroatoms. The van der Waals surface area contributed by atoms with Crippen molar-refractivity contribution in [2.24, 2.45) is 0 Å². The quantitative estimate of drug-likeness (QED) is 0.130. The Labute approximate surface area is 280 Å². The first kappa shape index (κ1) is 39.5. The molecule has 0 aliphatic heterocycles. The van der Waals surface area contributed by atoms with Crippen LogP contribution in [0, 0.1) is 0 Å². The normalized spacial score (nSPS) is 12.6. The van der Waals surface area contributed by atoms with Crippen LogP contribution < -0.4 is 47.4 Å². The Morgan fingerprint density at radius 2 is 0.574 bits per heavy atom. The van der Waals surface area contributed by atoms with Gasteiger partial charge in [0, 0.05) is 5.41 Å². The third kappa shape index (κ3) is 8.84. The third-order valence-electron chi connectivity index (χ3n) is 6.69. The van der Waals surface area contributed by atoms with E-state index in [2.05, 4.69) is 0 Å². The summed E-state index contributed by atoms with van der Waals surface area (Å²) in [4.78, 5) is 0. The molecule has 2 aromatic rings. The summed E-state index contributed by atoms with van der Waals surface area (Å²) in [5.74, 6) is 2.57. The van der Waals surface area contributed by atoms with Gasteiger partial charge in [-0.2, -0.15) is 0 Å². The lowest BCUT2D eigenvalue weighted by molar-refractivity contribution is -0.00560. The van der Waals surface area contributed by atoms with Crippen molar-refractivity contribution in [2.45, 2.75) is 101 Å². The second-order valence-corrected chi connectivity index (χ2v) is 10.6. The van der Waals surface area contributed by atoms with Gasteiger partial charge in [-0.3, -0.25) is 0 Å². The molecule has 47 heavy (non-hydrogen) atoms. The van der Waals surface area contributed by atoms with Crippen molar-refractivity contribution in [1.82, 2.24) is 0 Å². The fraction of sp³-hybridized carbons (Fsp3) is 0.657. The van der Waals surface area contributed by atoms with Crippen molar-refractivity contribution >= 4 is 0 Å². The van der Waals surface area contributed by atoms with Gasteiger partial charge in [-0.25, -0.2) is 0 Å². The van der Waals surface area contributed by atoms with E-state index in [1.54, 1.807) is 0 Å². The van der Waals surface area contributed by atoms with Gasteiger partial charge in [0.05, 0.1) is 64.0 Å². The van der Waals surface area contributed by atoms with Gasteiger partial charge in [-0.1, -0.05) is 13.8 Å². The summed E-state index contributed by atoms with van der Waals surface area (Å²) in [6.45, 7) is 23.8. The minimum Gasteiger partial charge on any atom is -0.489 e. The number of aliphatic hydroxyl groups excluding tert-OH is 2. The van der Waals surface area contributed by atoms with Crippen LogP contribution in [-0.4, -0.2) is 75.6 Å². The van der Waals surface area contributed by atoms with Crippen molar-refractivity contribution in [3.05, 3.63) is 11.1 Å². The summed E-state index contributed by atoms with van der Waals surface area (Å²) in [5.41, 5.74) is -0.00402. The van der Waals surface area contributed by atoms with E-state index < -0.39 is 18.0 Å². The largest absolute Gasteiger partial charge is 0.489 e. The summed E-state index contributed by atoms with van der Waals surface area (Å²) in [6, 6.07) is 0. The lowest BCUT2D eigenvalue weighted by atomic mass is 9.75.